The van der Waals surface area contributed by atoms with Gasteiger partial charge in [0.25, 0.3) is 0 Å². The number of hydrogen-bond acceptors (Lipinski definition) is 5. The zero-order valence-electron chi connectivity index (χ0n) is 14.2. The van der Waals surface area contributed by atoms with Crippen molar-refractivity contribution in [3.63, 3.8) is 0 Å². The van der Waals surface area contributed by atoms with E-state index in [2.05, 4.69) is 15.6 Å². The van der Waals surface area contributed by atoms with E-state index in [4.69, 9.17) is 9.15 Å². The number of rotatable bonds is 5. The van der Waals surface area contributed by atoms with Crippen molar-refractivity contribution in [1.29, 1.82) is 0 Å². The normalized spacial score (nSPS) is 12.3. The van der Waals surface area contributed by atoms with Gasteiger partial charge in [-0.1, -0.05) is 0 Å². The molecule has 0 aliphatic heterocycles. The van der Waals surface area contributed by atoms with Crippen LogP contribution >= 0.6 is 0 Å². The van der Waals surface area contributed by atoms with Crippen LogP contribution in [0.1, 0.15) is 26.5 Å². The first kappa shape index (κ1) is 18.4. The maximum Gasteiger partial charge on any atom is 0.408 e. The van der Waals surface area contributed by atoms with Gasteiger partial charge in [0.05, 0.1) is 12.5 Å². The molecule has 0 aromatic carbocycles. The highest BCUT2D eigenvalue weighted by Gasteiger charge is 2.25. The summed E-state index contributed by atoms with van der Waals surface area (Å²) in [5.74, 6) is -0.358. The molecular formula is C17H20FN3O4. The maximum atomic E-state index is 12.9. The van der Waals surface area contributed by atoms with Crippen molar-refractivity contribution < 1.29 is 23.1 Å². The van der Waals surface area contributed by atoms with E-state index in [-0.39, 0.29) is 12.2 Å². The topological polar surface area (TPSA) is 93.5 Å². The summed E-state index contributed by atoms with van der Waals surface area (Å²) in [6.45, 7) is 5.16. The van der Waals surface area contributed by atoms with E-state index in [1.165, 1.54) is 18.4 Å². The Kier molecular flexibility index (Phi) is 5.74. The van der Waals surface area contributed by atoms with Crippen molar-refractivity contribution in [3.8, 4) is 0 Å². The minimum absolute atomic E-state index is 0.124. The number of amides is 2. The van der Waals surface area contributed by atoms with Gasteiger partial charge in [-0.05, 0) is 45.0 Å². The van der Waals surface area contributed by atoms with Gasteiger partial charge in [-0.2, -0.15) is 0 Å². The Morgan fingerprint density at radius 3 is 2.64 bits per heavy atom. The second-order valence-corrected chi connectivity index (χ2v) is 6.33. The predicted molar refractivity (Wildman–Crippen MR) is 88.4 cm³/mol. The molecule has 8 heteroatoms. The van der Waals surface area contributed by atoms with Crippen LogP contribution in [0.5, 0.6) is 0 Å². The lowest BCUT2D eigenvalue weighted by Gasteiger charge is -2.23. The Hall–Kier alpha value is -2.90. The van der Waals surface area contributed by atoms with Crippen molar-refractivity contribution in [3.05, 3.63) is 48.3 Å². The molecule has 2 rings (SSSR count). The first-order chi connectivity index (χ1) is 11.7. The molecule has 0 saturated heterocycles. The SMILES string of the molecule is CC(C)(C)OC(=O)N[C@@H](Cc1ccco1)C(=O)Nc1ccc(F)cn1. The Morgan fingerprint density at radius 2 is 2.08 bits per heavy atom. The van der Waals surface area contributed by atoms with Crippen LogP contribution in [0.15, 0.2) is 41.1 Å². The van der Waals surface area contributed by atoms with Gasteiger partial charge >= 0.3 is 6.09 Å². The summed E-state index contributed by atoms with van der Waals surface area (Å²) in [4.78, 5) is 28.2. The molecule has 2 aromatic heterocycles. The van der Waals surface area contributed by atoms with Crippen LogP contribution in [0.3, 0.4) is 0 Å². The first-order valence-corrected chi connectivity index (χ1v) is 7.67. The quantitative estimate of drug-likeness (QED) is 0.866. The number of nitrogens with one attached hydrogen (secondary N) is 2. The lowest BCUT2D eigenvalue weighted by Crippen LogP contribution is -2.47. The highest BCUT2D eigenvalue weighted by atomic mass is 19.1. The van der Waals surface area contributed by atoms with E-state index in [1.807, 2.05) is 0 Å². The van der Waals surface area contributed by atoms with Gasteiger partial charge in [-0.15, -0.1) is 0 Å². The van der Waals surface area contributed by atoms with Crippen LogP contribution in [0.25, 0.3) is 0 Å². The van der Waals surface area contributed by atoms with Crippen LogP contribution in [0.2, 0.25) is 0 Å². The Balaban J connectivity index is 2.08. The molecule has 0 bridgehead atoms. The van der Waals surface area contributed by atoms with Gasteiger partial charge in [-0.3, -0.25) is 4.79 Å². The smallest absolute Gasteiger partial charge is 0.408 e. The van der Waals surface area contributed by atoms with Gasteiger partial charge in [0.15, 0.2) is 0 Å². The summed E-state index contributed by atoms with van der Waals surface area (Å²) in [6.07, 6.45) is 1.85. The Labute approximate surface area is 144 Å². The second-order valence-electron chi connectivity index (χ2n) is 6.33. The summed E-state index contributed by atoms with van der Waals surface area (Å²) in [7, 11) is 0. The van der Waals surface area contributed by atoms with Gasteiger partial charge < -0.3 is 19.8 Å². The summed E-state index contributed by atoms with van der Waals surface area (Å²) in [5, 5.41) is 5.03. The third-order valence-electron chi connectivity index (χ3n) is 2.97. The first-order valence-electron chi connectivity index (χ1n) is 7.67. The number of alkyl carbamates (subject to hydrolysis) is 1. The Bertz CT molecular complexity index is 708. The molecular weight excluding hydrogens is 329 g/mol. The maximum absolute atomic E-state index is 12.9. The van der Waals surface area contributed by atoms with E-state index in [9.17, 15) is 14.0 Å². The number of anilines is 1. The molecule has 134 valence electrons. The fourth-order valence-corrected chi connectivity index (χ4v) is 1.95. The van der Waals surface area contributed by atoms with E-state index in [0.29, 0.717) is 5.76 Å². The molecule has 2 N–H and O–H groups in total. The molecule has 7 nitrogen and oxygen atoms in total. The Morgan fingerprint density at radius 1 is 1.32 bits per heavy atom. The van der Waals surface area contributed by atoms with Crippen LogP contribution in [0.4, 0.5) is 15.0 Å². The second kappa shape index (κ2) is 7.78. The monoisotopic (exact) mass is 349 g/mol. The molecule has 0 aliphatic carbocycles. The van der Waals surface area contributed by atoms with Crippen LogP contribution in [-0.4, -0.2) is 28.6 Å². The molecule has 0 unspecified atom stereocenters. The van der Waals surface area contributed by atoms with E-state index >= 15 is 0 Å². The molecule has 25 heavy (non-hydrogen) atoms. The van der Waals surface area contributed by atoms with Crippen LogP contribution in [-0.2, 0) is 16.0 Å². The average molecular weight is 349 g/mol. The summed E-state index contributed by atoms with van der Waals surface area (Å²) in [6, 6.07) is 4.91. The number of furan rings is 1. The fraction of sp³-hybridized carbons (Fsp3) is 0.353. The molecule has 0 aliphatic rings. The van der Waals surface area contributed by atoms with Crippen LogP contribution < -0.4 is 10.6 Å². The summed E-state index contributed by atoms with van der Waals surface area (Å²) in [5.41, 5.74) is -0.700. The molecule has 0 saturated carbocycles. The van der Waals surface area contributed by atoms with E-state index in [0.717, 1.165) is 6.20 Å². The number of nitrogens with zero attached hydrogens (tertiary/aromatic N) is 1. The van der Waals surface area contributed by atoms with Crippen molar-refractivity contribution in [2.24, 2.45) is 0 Å². The summed E-state index contributed by atoms with van der Waals surface area (Å²) >= 11 is 0. The largest absolute Gasteiger partial charge is 0.469 e. The van der Waals surface area contributed by atoms with Gasteiger partial charge in [-0.25, -0.2) is 14.2 Å². The number of hydrogen-bond donors (Lipinski definition) is 2. The highest BCUT2D eigenvalue weighted by molar-refractivity contribution is 5.96. The third-order valence-corrected chi connectivity index (χ3v) is 2.97. The van der Waals surface area contributed by atoms with Crippen molar-refractivity contribution in [1.82, 2.24) is 10.3 Å². The van der Waals surface area contributed by atoms with Crippen molar-refractivity contribution in [2.75, 3.05) is 5.32 Å². The standard InChI is InChI=1S/C17H20FN3O4/c1-17(2,3)25-16(23)20-13(9-12-5-4-8-24-12)15(22)21-14-7-6-11(18)10-19-14/h4-8,10,13H,9H2,1-3H3,(H,20,23)(H,19,21,22)/t13-/m0/s1. The minimum atomic E-state index is -0.951. The number of aromatic nitrogens is 1. The third kappa shape index (κ3) is 6.25. The number of carbonyl (C=O) groups is 2. The summed E-state index contributed by atoms with van der Waals surface area (Å²) < 4.78 is 23.3. The molecule has 2 heterocycles. The van der Waals surface area contributed by atoms with E-state index < -0.39 is 29.5 Å². The number of pyridine rings is 1. The molecule has 0 radical (unpaired) electrons. The van der Waals surface area contributed by atoms with E-state index in [1.54, 1.807) is 32.9 Å². The van der Waals surface area contributed by atoms with Gasteiger partial charge in [0.1, 0.15) is 29.0 Å². The number of carbonyl (C=O) groups excluding carboxylic acids is 2. The van der Waals surface area contributed by atoms with Gasteiger partial charge in [0.2, 0.25) is 5.91 Å². The predicted octanol–water partition coefficient (Wildman–Crippen LogP) is 2.89. The van der Waals surface area contributed by atoms with Gasteiger partial charge in [0, 0.05) is 6.42 Å². The lowest BCUT2D eigenvalue weighted by molar-refractivity contribution is -0.118. The van der Waals surface area contributed by atoms with Crippen molar-refractivity contribution >= 4 is 17.8 Å². The van der Waals surface area contributed by atoms with Crippen LogP contribution in [0, 0.1) is 5.82 Å². The van der Waals surface area contributed by atoms with Crippen molar-refractivity contribution in [2.45, 2.75) is 38.8 Å². The number of ether oxygens (including phenoxy) is 1. The number of halogens is 1. The minimum Gasteiger partial charge on any atom is -0.469 e. The zero-order valence-corrected chi connectivity index (χ0v) is 14.2. The zero-order chi connectivity index (χ0) is 18.4. The average Bonchev–Trinajstić information content (AvgIpc) is 3.00. The molecule has 0 spiro atoms. The molecule has 0 fully saturated rings. The molecule has 2 aromatic rings. The molecule has 2 amide bonds. The fourth-order valence-electron chi connectivity index (χ4n) is 1.95. The highest BCUT2D eigenvalue weighted by Crippen LogP contribution is 2.11. The lowest BCUT2D eigenvalue weighted by atomic mass is 10.1. The molecule has 1 atom stereocenters.